The summed E-state index contributed by atoms with van der Waals surface area (Å²) < 4.78 is 50.3. The summed E-state index contributed by atoms with van der Waals surface area (Å²) in [6.45, 7) is 37.4. The Hall–Kier alpha value is -2.98. The lowest BCUT2D eigenvalue weighted by molar-refractivity contribution is -0.189. The van der Waals surface area contributed by atoms with Crippen LogP contribution in [0.25, 0.3) is 0 Å². The van der Waals surface area contributed by atoms with E-state index in [4.69, 9.17) is 32.2 Å². The lowest BCUT2D eigenvalue weighted by Gasteiger charge is -2.52. The van der Waals surface area contributed by atoms with E-state index in [0.29, 0.717) is 19.8 Å². The molecule has 0 amide bonds. The number of hydrogen-bond acceptors (Lipinski definition) is 8. The van der Waals surface area contributed by atoms with Gasteiger partial charge < -0.3 is 32.2 Å². The molecule has 0 aromatic heterocycles. The molecule has 0 bridgehead atoms. The Balaban J connectivity index is 2.05. The van der Waals surface area contributed by atoms with Gasteiger partial charge in [0.1, 0.15) is 29.2 Å². The monoisotopic (exact) mass is 959 g/mol. The molecule has 358 valence electrons. The van der Waals surface area contributed by atoms with Crippen molar-refractivity contribution in [2.24, 2.45) is 5.41 Å². The van der Waals surface area contributed by atoms with E-state index >= 15 is 0 Å². The third-order valence-corrected chi connectivity index (χ3v) is 24.0. The minimum absolute atomic E-state index is 0.0625. The molecule has 11 heteroatoms. The number of rotatable bonds is 24. The van der Waals surface area contributed by atoms with Crippen LogP contribution >= 0.6 is 11.8 Å². The second-order valence-electron chi connectivity index (χ2n) is 21.8. The van der Waals surface area contributed by atoms with Crippen molar-refractivity contribution in [3.63, 3.8) is 0 Å². The largest absolute Gasteiger partial charge is 0.545 e. The Bertz CT molecular complexity index is 2020. The highest BCUT2D eigenvalue weighted by Crippen LogP contribution is 2.48. The van der Waals surface area contributed by atoms with Crippen molar-refractivity contribution < 1.29 is 32.2 Å². The van der Waals surface area contributed by atoms with Gasteiger partial charge in [0.2, 0.25) is 8.32 Å². The Labute approximate surface area is 401 Å². The van der Waals surface area contributed by atoms with Gasteiger partial charge in [0.15, 0.2) is 16.6 Å². The summed E-state index contributed by atoms with van der Waals surface area (Å²) in [5.41, 5.74) is 1.89. The molecule has 5 atom stereocenters. The van der Waals surface area contributed by atoms with Gasteiger partial charge in [0, 0.05) is 10.3 Å². The summed E-state index contributed by atoms with van der Waals surface area (Å²) in [5, 5.41) is -0.190. The summed E-state index contributed by atoms with van der Waals surface area (Å²) in [6, 6.07) is 39.4. The first-order valence-corrected chi connectivity index (χ1v) is 33.4. The van der Waals surface area contributed by atoms with Crippen LogP contribution < -0.4 is 4.74 Å². The van der Waals surface area contributed by atoms with E-state index in [1.807, 2.05) is 24.3 Å². The van der Waals surface area contributed by atoms with Crippen LogP contribution in [0.4, 0.5) is 0 Å². The zero-order chi connectivity index (χ0) is 48.3. The van der Waals surface area contributed by atoms with Gasteiger partial charge in [-0.1, -0.05) is 158 Å². The zero-order valence-corrected chi connectivity index (χ0v) is 46.6. The van der Waals surface area contributed by atoms with Crippen LogP contribution in [0.1, 0.15) is 79.0 Å². The van der Waals surface area contributed by atoms with E-state index in [2.05, 4.69) is 205 Å². The quantitative estimate of drug-likeness (QED) is 0.0298. The second kappa shape index (κ2) is 23.4. The van der Waals surface area contributed by atoms with Crippen LogP contribution in [0.2, 0.25) is 55.9 Å². The third kappa shape index (κ3) is 16.1. The second-order valence-corrected chi connectivity index (χ2v) is 36.9. The number of ether oxygens (including phenoxy) is 4. The average Bonchev–Trinajstić information content (AvgIpc) is 3.23. The third-order valence-electron chi connectivity index (χ3n) is 12.9. The van der Waals surface area contributed by atoms with E-state index in [1.165, 1.54) is 0 Å². The van der Waals surface area contributed by atoms with E-state index in [1.54, 1.807) is 18.9 Å². The van der Waals surface area contributed by atoms with Crippen LogP contribution in [0.15, 0.2) is 132 Å². The highest BCUT2D eigenvalue weighted by molar-refractivity contribution is 7.99. The van der Waals surface area contributed by atoms with Crippen LogP contribution in [0.3, 0.4) is 0 Å². The standard InChI is InChI=1S/C54H82O7SSi3/c1-18-46(59-64(14,15)52(2,3)4)47(56-38-41-28-22-19-23-29-41)50(60-65(16,17)53(5,6)7)54(8,9)49(58-40-43-34-36-44(55-10)37-35-43)48(57-39-42-30-24-20-25-31-42)51(61-63(11,12)13)62-45-32-26-21-27-33-45/h18-37,47-51H,38-40H2,1-17H3/b46-18-/t47-,48+,49-,50-,51?/m0/s1. The van der Waals surface area contributed by atoms with Crippen molar-refractivity contribution >= 4 is 36.7 Å². The van der Waals surface area contributed by atoms with E-state index < -0.39 is 60.2 Å². The molecule has 4 rings (SSSR count). The molecule has 4 aromatic rings. The van der Waals surface area contributed by atoms with Crippen LogP contribution in [-0.2, 0) is 47.3 Å². The Morgan fingerprint density at radius 2 is 1.02 bits per heavy atom. The SMILES string of the molecule is C/C=C(\O[Si](C)(C)C(C)(C)C)[C@H](OCc1ccccc1)[C@H](O[Si](C)(C)C(C)(C)C)C(C)(C)[C@@H](OCc1ccc(OC)cc1)[C@@H](OCc1ccccc1)C(O[Si](C)(C)C)Sc1ccccc1. The van der Waals surface area contributed by atoms with Crippen molar-refractivity contribution in [3.05, 3.63) is 144 Å². The van der Waals surface area contributed by atoms with Gasteiger partial charge in [-0.3, -0.25) is 0 Å². The molecule has 0 fully saturated rings. The van der Waals surface area contributed by atoms with Crippen molar-refractivity contribution in [1.29, 1.82) is 0 Å². The highest BCUT2D eigenvalue weighted by atomic mass is 32.2. The number of methoxy groups -OCH3 is 1. The molecule has 0 saturated carbocycles. The number of allylic oxidation sites excluding steroid dienone is 1. The van der Waals surface area contributed by atoms with Gasteiger partial charge >= 0.3 is 0 Å². The molecule has 0 radical (unpaired) electrons. The zero-order valence-electron chi connectivity index (χ0n) is 42.8. The lowest BCUT2D eigenvalue weighted by Crippen LogP contribution is -2.61. The molecule has 0 aliphatic carbocycles. The summed E-state index contributed by atoms with van der Waals surface area (Å²) in [4.78, 5) is 1.09. The molecule has 65 heavy (non-hydrogen) atoms. The smallest absolute Gasteiger partial charge is 0.250 e. The molecule has 4 aromatic carbocycles. The maximum absolute atomic E-state index is 7.89. The fraction of sp³-hybridized carbons (Fsp3) is 0.519. The minimum Gasteiger partial charge on any atom is -0.545 e. The first-order chi connectivity index (χ1) is 30.3. The van der Waals surface area contributed by atoms with Gasteiger partial charge in [0.25, 0.3) is 0 Å². The van der Waals surface area contributed by atoms with E-state index in [0.717, 1.165) is 33.1 Å². The molecule has 1 unspecified atom stereocenters. The Morgan fingerprint density at radius 3 is 1.48 bits per heavy atom. The molecule has 0 spiro atoms. The lowest BCUT2D eigenvalue weighted by atomic mass is 9.75. The van der Waals surface area contributed by atoms with Gasteiger partial charge in [-0.15, -0.1) is 0 Å². The van der Waals surface area contributed by atoms with Gasteiger partial charge in [-0.25, -0.2) is 0 Å². The van der Waals surface area contributed by atoms with Gasteiger partial charge in [-0.2, -0.15) is 0 Å². The molecular weight excluding hydrogens is 877 g/mol. The van der Waals surface area contributed by atoms with Crippen molar-refractivity contribution in [2.45, 2.75) is 173 Å². The number of thioether (sulfide) groups is 1. The molecule has 7 nitrogen and oxygen atoms in total. The summed E-state index contributed by atoms with van der Waals surface area (Å²) >= 11 is 1.69. The molecule has 0 saturated heterocycles. The van der Waals surface area contributed by atoms with Crippen LogP contribution in [0.5, 0.6) is 5.75 Å². The minimum atomic E-state index is -2.57. The van der Waals surface area contributed by atoms with Crippen molar-refractivity contribution in [3.8, 4) is 5.75 Å². The molecule has 0 N–H and O–H groups in total. The highest BCUT2D eigenvalue weighted by Gasteiger charge is 2.55. The van der Waals surface area contributed by atoms with Gasteiger partial charge in [-0.05, 0) is 110 Å². The molecule has 0 heterocycles. The van der Waals surface area contributed by atoms with Crippen LogP contribution in [-0.4, -0.2) is 61.9 Å². The molecule has 0 aliphatic heterocycles. The average molecular weight is 960 g/mol. The van der Waals surface area contributed by atoms with E-state index in [9.17, 15) is 0 Å². The summed E-state index contributed by atoms with van der Waals surface area (Å²) in [5.74, 6) is 1.58. The molecule has 0 aliphatic rings. The van der Waals surface area contributed by atoms with E-state index in [-0.39, 0.29) is 10.1 Å². The number of benzene rings is 4. The number of hydrogen-bond donors (Lipinski definition) is 0. The fourth-order valence-electron chi connectivity index (χ4n) is 6.92. The van der Waals surface area contributed by atoms with Crippen LogP contribution in [0, 0.1) is 5.41 Å². The maximum atomic E-state index is 7.89. The van der Waals surface area contributed by atoms with Gasteiger partial charge in [0.05, 0.1) is 39.1 Å². The summed E-state index contributed by atoms with van der Waals surface area (Å²) in [6.07, 6.45) is -0.266. The summed E-state index contributed by atoms with van der Waals surface area (Å²) in [7, 11) is -5.49. The predicted octanol–water partition coefficient (Wildman–Crippen LogP) is 15.1. The first-order valence-electron chi connectivity index (χ1n) is 23.3. The Morgan fingerprint density at radius 1 is 0.554 bits per heavy atom. The first kappa shape index (κ1) is 54.6. The van der Waals surface area contributed by atoms with Crippen molar-refractivity contribution in [1.82, 2.24) is 0 Å². The fourth-order valence-corrected chi connectivity index (χ4v) is 12.3. The predicted molar refractivity (Wildman–Crippen MR) is 280 cm³/mol. The van der Waals surface area contributed by atoms with Crippen molar-refractivity contribution in [2.75, 3.05) is 7.11 Å². The maximum Gasteiger partial charge on any atom is 0.250 e. The molecular formula is C54H82O7SSi3. The Kier molecular flexibility index (Phi) is 19.6. The topological polar surface area (TPSA) is 64.6 Å². The normalized spacial score (nSPS) is 15.8.